The summed E-state index contributed by atoms with van der Waals surface area (Å²) < 4.78 is 26.9. The maximum Gasteiger partial charge on any atom is 0.267 e. The molecule has 3 N–H and O–H groups in total. The number of nitrogens with zero attached hydrogens (tertiary/aromatic N) is 1. The first-order valence-electron chi connectivity index (χ1n) is 7.68. The highest BCUT2D eigenvalue weighted by atomic mass is 19.3. The van der Waals surface area contributed by atoms with Gasteiger partial charge in [-0.1, -0.05) is 6.42 Å². The van der Waals surface area contributed by atoms with Gasteiger partial charge in [0.05, 0.1) is 0 Å². The van der Waals surface area contributed by atoms with Gasteiger partial charge >= 0.3 is 0 Å². The van der Waals surface area contributed by atoms with Crippen LogP contribution in [0.2, 0.25) is 0 Å². The zero-order valence-corrected chi connectivity index (χ0v) is 12.6. The number of amides is 2. The number of hydrogen-bond donors (Lipinski definition) is 2. The average Bonchev–Trinajstić information content (AvgIpc) is 2.44. The van der Waals surface area contributed by atoms with E-state index in [-0.39, 0.29) is 23.2 Å². The number of alkyl halides is 2. The minimum Gasteiger partial charge on any atom is -0.364 e. The van der Waals surface area contributed by atoms with Crippen molar-refractivity contribution < 1.29 is 18.4 Å². The third kappa shape index (κ3) is 2.80. The summed E-state index contributed by atoms with van der Waals surface area (Å²) in [7, 11) is 0. The van der Waals surface area contributed by atoms with E-state index in [4.69, 9.17) is 5.73 Å². The molecule has 0 aromatic carbocycles. The van der Waals surface area contributed by atoms with Crippen LogP contribution in [0.15, 0.2) is 18.3 Å². The maximum absolute atomic E-state index is 13.4. The molecule has 7 heteroatoms. The van der Waals surface area contributed by atoms with Crippen LogP contribution >= 0.6 is 0 Å². The fraction of sp³-hybridized carbons (Fsp3) is 0.562. The van der Waals surface area contributed by atoms with Crippen LogP contribution in [-0.4, -0.2) is 29.8 Å². The SMILES string of the molecule is NC(=O)c1cc(C(=O)NCC2(C(F)F)CC3(CCC3)C2)ccn1. The molecule has 2 amide bonds. The molecular formula is C16H19F2N3O2. The molecule has 0 radical (unpaired) electrons. The molecule has 0 aliphatic heterocycles. The Labute approximate surface area is 132 Å². The molecule has 3 rings (SSSR count). The summed E-state index contributed by atoms with van der Waals surface area (Å²) in [5, 5.41) is 2.58. The van der Waals surface area contributed by atoms with Crippen LogP contribution in [0.3, 0.4) is 0 Å². The van der Waals surface area contributed by atoms with Crippen molar-refractivity contribution in [2.75, 3.05) is 6.54 Å². The van der Waals surface area contributed by atoms with Gasteiger partial charge in [-0.2, -0.15) is 0 Å². The summed E-state index contributed by atoms with van der Waals surface area (Å²) in [5.41, 5.74) is 4.26. The number of nitrogens with one attached hydrogen (secondary N) is 1. The number of rotatable bonds is 5. The van der Waals surface area contributed by atoms with Crippen molar-refractivity contribution in [1.29, 1.82) is 0 Å². The monoisotopic (exact) mass is 323 g/mol. The molecule has 1 aromatic rings. The van der Waals surface area contributed by atoms with Crippen molar-refractivity contribution in [3.05, 3.63) is 29.6 Å². The number of carbonyl (C=O) groups excluding carboxylic acids is 2. The van der Waals surface area contributed by atoms with Gasteiger partial charge in [-0.3, -0.25) is 14.6 Å². The highest BCUT2D eigenvalue weighted by molar-refractivity contribution is 5.97. The largest absolute Gasteiger partial charge is 0.364 e. The number of pyridine rings is 1. The van der Waals surface area contributed by atoms with Gasteiger partial charge in [0.25, 0.3) is 11.8 Å². The van der Waals surface area contributed by atoms with Gasteiger partial charge < -0.3 is 11.1 Å². The van der Waals surface area contributed by atoms with E-state index in [9.17, 15) is 18.4 Å². The van der Waals surface area contributed by atoms with Gasteiger partial charge in [-0.15, -0.1) is 0 Å². The summed E-state index contributed by atoms with van der Waals surface area (Å²) in [6.07, 6.45) is 2.93. The molecule has 2 fully saturated rings. The van der Waals surface area contributed by atoms with Crippen LogP contribution < -0.4 is 11.1 Å². The molecule has 2 aliphatic carbocycles. The third-order valence-electron chi connectivity index (χ3n) is 5.21. The minimum absolute atomic E-state index is 0.0294. The Morgan fingerprint density at radius 2 is 2.04 bits per heavy atom. The zero-order chi connectivity index (χ0) is 16.7. The predicted molar refractivity (Wildman–Crippen MR) is 79.0 cm³/mol. The fourth-order valence-electron chi connectivity index (χ4n) is 3.89. The predicted octanol–water partition coefficient (Wildman–Crippen LogP) is 2.13. The van der Waals surface area contributed by atoms with E-state index in [0.29, 0.717) is 12.8 Å². The quantitative estimate of drug-likeness (QED) is 0.870. The average molecular weight is 323 g/mol. The molecule has 2 saturated carbocycles. The maximum atomic E-state index is 13.4. The Morgan fingerprint density at radius 1 is 1.35 bits per heavy atom. The van der Waals surface area contributed by atoms with Gasteiger partial charge in [0.2, 0.25) is 6.43 Å². The molecule has 0 unspecified atom stereocenters. The second-order valence-corrected chi connectivity index (χ2v) is 6.85. The Bertz CT molecular complexity index is 636. The second kappa shape index (κ2) is 5.54. The lowest BCUT2D eigenvalue weighted by atomic mass is 9.45. The van der Waals surface area contributed by atoms with Crippen molar-refractivity contribution >= 4 is 11.8 Å². The van der Waals surface area contributed by atoms with Gasteiger partial charge in [-0.05, 0) is 43.2 Å². The summed E-state index contributed by atoms with van der Waals surface area (Å²) in [5.74, 6) is -1.24. The lowest BCUT2D eigenvalue weighted by molar-refractivity contribution is -0.167. The van der Waals surface area contributed by atoms with Gasteiger partial charge in [0.1, 0.15) is 5.69 Å². The van der Waals surface area contributed by atoms with Crippen LogP contribution in [0.1, 0.15) is 53.0 Å². The molecule has 1 heterocycles. The van der Waals surface area contributed by atoms with E-state index < -0.39 is 23.7 Å². The van der Waals surface area contributed by atoms with E-state index in [1.165, 1.54) is 18.3 Å². The normalized spacial score (nSPS) is 20.7. The molecule has 124 valence electrons. The van der Waals surface area contributed by atoms with E-state index in [1.54, 1.807) is 0 Å². The molecular weight excluding hydrogens is 304 g/mol. The second-order valence-electron chi connectivity index (χ2n) is 6.85. The molecule has 2 aliphatic rings. The van der Waals surface area contributed by atoms with E-state index in [2.05, 4.69) is 10.3 Å². The molecule has 5 nitrogen and oxygen atoms in total. The van der Waals surface area contributed by atoms with Gasteiger partial charge in [-0.25, -0.2) is 8.78 Å². The highest BCUT2D eigenvalue weighted by Crippen LogP contribution is 2.66. The Morgan fingerprint density at radius 3 is 2.57 bits per heavy atom. The number of nitrogens with two attached hydrogens (primary N) is 1. The fourth-order valence-corrected chi connectivity index (χ4v) is 3.89. The smallest absolute Gasteiger partial charge is 0.267 e. The van der Waals surface area contributed by atoms with Gasteiger partial charge in [0.15, 0.2) is 0 Å². The Hall–Kier alpha value is -2.05. The first-order chi connectivity index (χ1) is 10.9. The van der Waals surface area contributed by atoms with E-state index in [1.807, 2.05) is 0 Å². The van der Waals surface area contributed by atoms with Crippen molar-refractivity contribution in [3.8, 4) is 0 Å². The number of halogens is 2. The van der Waals surface area contributed by atoms with Crippen molar-refractivity contribution in [1.82, 2.24) is 10.3 Å². The summed E-state index contributed by atoms with van der Waals surface area (Å²) in [4.78, 5) is 27.0. The topological polar surface area (TPSA) is 85.1 Å². The number of carbonyl (C=O) groups is 2. The van der Waals surface area contributed by atoms with Crippen LogP contribution in [0.5, 0.6) is 0 Å². The summed E-state index contributed by atoms with van der Waals surface area (Å²) in [6.45, 7) is -0.0561. The highest BCUT2D eigenvalue weighted by Gasteiger charge is 2.61. The first kappa shape index (κ1) is 15.8. The summed E-state index contributed by atoms with van der Waals surface area (Å²) >= 11 is 0. The lowest BCUT2D eigenvalue weighted by Crippen LogP contribution is -2.58. The van der Waals surface area contributed by atoms with Crippen molar-refractivity contribution in [2.45, 2.75) is 38.5 Å². The van der Waals surface area contributed by atoms with E-state index in [0.717, 1.165) is 19.3 Å². The molecule has 1 aromatic heterocycles. The molecule has 23 heavy (non-hydrogen) atoms. The van der Waals surface area contributed by atoms with Crippen LogP contribution in [0, 0.1) is 10.8 Å². The molecule has 0 bridgehead atoms. The minimum atomic E-state index is -2.45. The first-order valence-corrected chi connectivity index (χ1v) is 7.68. The van der Waals surface area contributed by atoms with Crippen LogP contribution in [-0.2, 0) is 0 Å². The third-order valence-corrected chi connectivity index (χ3v) is 5.21. The molecule has 0 saturated heterocycles. The molecule has 0 atom stereocenters. The van der Waals surface area contributed by atoms with Crippen molar-refractivity contribution in [2.24, 2.45) is 16.6 Å². The van der Waals surface area contributed by atoms with Crippen LogP contribution in [0.25, 0.3) is 0 Å². The zero-order valence-electron chi connectivity index (χ0n) is 12.6. The van der Waals surface area contributed by atoms with Crippen LogP contribution in [0.4, 0.5) is 8.78 Å². The van der Waals surface area contributed by atoms with E-state index >= 15 is 0 Å². The summed E-state index contributed by atoms with van der Waals surface area (Å²) in [6, 6.07) is 2.69. The number of primary amides is 1. The van der Waals surface area contributed by atoms with Crippen molar-refractivity contribution in [3.63, 3.8) is 0 Å². The molecule has 1 spiro atoms. The number of hydrogen-bond acceptors (Lipinski definition) is 3. The Kier molecular flexibility index (Phi) is 3.82. The standard InChI is InChI=1S/C16H19F2N3O2/c17-14(18)16(7-15(8-16)3-1-4-15)9-21-13(23)10-2-5-20-11(6-10)12(19)22/h2,5-6,14H,1,3-4,7-9H2,(H2,19,22)(H,21,23). The Balaban J connectivity index is 1.64. The number of aromatic nitrogens is 1. The lowest BCUT2D eigenvalue weighted by Gasteiger charge is -2.60. The van der Waals surface area contributed by atoms with Gasteiger partial charge in [0, 0.05) is 23.7 Å².